The molecule has 0 radical (unpaired) electrons. The Bertz CT molecular complexity index is 483. The summed E-state index contributed by atoms with van der Waals surface area (Å²) >= 11 is 0. The minimum Gasteiger partial charge on any atom is -0.357 e. The summed E-state index contributed by atoms with van der Waals surface area (Å²) in [5, 5.41) is 14.3. The van der Waals surface area contributed by atoms with E-state index in [4.69, 9.17) is 5.21 Å². The van der Waals surface area contributed by atoms with E-state index in [1.54, 1.807) is 11.6 Å². The van der Waals surface area contributed by atoms with Gasteiger partial charge in [0.15, 0.2) is 0 Å². The Hall–Kier alpha value is -1.89. The fourth-order valence-electron chi connectivity index (χ4n) is 2.75. The number of carbonyl (C=O) groups excluding carboxylic acids is 3. The fraction of sp³-hybridized carbons (Fsp3) is 0.722. The smallest absolute Gasteiger partial charge is 0.247 e. The molecule has 0 heterocycles. The molecule has 7 nitrogen and oxygen atoms in total. The summed E-state index contributed by atoms with van der Waals surface area (Å²) < 4.78 is 0. The standard InChI is InChI=1S/C18H33N3O4/c1-8-9-12(16(23)21-25)13(10-11(2)3)15(22)20-14(17(24)19-7)18(4,5)6/h8,11-14,25H,1,9-10H2,2-7H3,(H,19,24)(H,20,22)(H,21,23)/t12-,13-,14-/m1/s1. The van der Waals surface area contributed by atoms with Crippen molar-refractivity contribution in [3.05, 3.63) is 12.7 Å². The van der Waals surface area contributed by atoms with Gasteiger partial charge in [-0.25, -0.2) is 5.48 Å². The van der Waals surface area contributed by atoms with E-state index in [-0.39, 0.29) is 24.2 Å². The van der Waals surface area contributed by atoms with Crippen LogP contribution in [0.5, 0.6) is 0 Å². The van der Waals surface area contributed by atoms with Crippen molar-refractivity contribution in [1.82, 2.24) is 16.1 Å². The molecular weight excluding hydrogens is 322 g/mol. The van der Waals surface area contributed by atoms with Crippen LogP contribution in [0.1, 0.15) is 47.5 Å². The highest BCUT2D eigenvalue weighted by Gasteiger charge is 2.38. The van der Waals surface area contributed by atoms with Crippen LogP contribution >= 0.6 is 0 Å². The third-order valence-corrected chi connectivity index (χ3v) is 4.08. The summed E-state index contributed by atoms with van der Waals surface area (Å²) in [6.45, 7) is 13.1. The maximum absolute atomic E-state index is 12.9. The van der Waals surface area contributed by atoms with Gasteiger partial charge in [-0.05, 0) is 24.2 Å². The highest BCUT2D eigenvalue weighted by atomic mass is 16.5. The molecule has 25 heavy (non-hydrogen) atoms. The predicted molar refractivity (Wildman–Crippen MR) is 96.6 cm³/mol. The van der Waals surface area contributed by atoms with Crippen LogP contribution in [-0.2, 0) is 14.4 Å². The second-order valence-corrected chi connectivity index (χ2v) is 7.76. The Labute approximate surface area is 150 Å². The van der Waals surface area contributed by atoms with Crippen LogP contribution in [0.25, 0.3) is 0 Å². The molecule has 0 aliphatic rings. The monoisotopic (exact) mass is 355 g/mol. The molecule has 144 valence electrons. The molecule has 0 aromatic rings. The predicted octanol–water partition coefficient (Wildman–Crippen LogP) is 1.62. The Morgan fingerprint density at radius 1 is 1.08 bits per heavy atom. The van der Waals surface area contributed by atoms with E-state index in [2.05, 4.69) is 17.2 Å². The molecular formula is C18H33N3O4. The zero-order valence-electron chi connectivity index (χ0n) is 16.2. The molecule has 0 rings (SSSR count). The second-order valence-electron chi connectivity index (χ2n) is 7.76. The van der Waals surface area contributed by atoms with Crippen LogP contribution < -0.4 is 16.1 Å². The third kappa shape index (κ3) is 7.25. The lowest BCUT2D eigenvalue weighted by Crippen LogP contribution is -2.55. The lowest BCUT2D eigenvalue weighted by molar-refractivity contribution is -0.142. The van der Waals surface area contributed by atoms with E-state index >= 15 is 0 Å². The molecule has 0 aliphatic heterocycles. The Kier molecular flexibility index (Phi) is 9.41. The number of carbonyl (C=O) groups is 3. The topological polar surface area (TPSA) is 108 Å². The van der Waals surface area contributed by atoms with Crippen LogP contribution in [-0.4, -0.2) is 36.0 Å². The first-order valence-electron chi connectivity index (χ1n) is 8.56. The molecule has 0 fully saturated rings. The lowest BCUT2D eigenvalue weighted by Gasteiger charge is -2.33. The quantitative estimate of drug-likeness (QED) is 0.286. The van der Waals surface area contributed by atoms with Crippen molar-refractivity contribution in [2.24, 2.45) is 23.2 Å². The van der Waals surface area contributed by atoms with E-state index in [1.807, 2.05) is 34.6 Å². The molecule has 3 amide bonds. The lowest BCUT2D eigenvalue weighted by atomic mass is 9.80. The number of hydrogen-bond donors (Lipinski definition) is 4. The van der Waals surface area contributed by atoms with Crippen LogP contribution in [0, 0.1) is 23.2 Å². The van der Waals surface area contributed by atoms with Crippen molar-refractivity contribution in [2.75, 3.05) is 7.05 Å². The molecule has 0 saturated carbocycles. The molecule has 0 aromatic heterocycles. The van der Waals surface area contributed by atoms with Crippen molar-refractivity contribution in [2.45, 2.75) is 53.5 Å². The van der Waals surface area contributed by atoms with Crippen LogP contribution in [0.3, 0.4) is 0 Å². The summed E-state index contributed by atoms with van der Waals surface area (Å²) in [6, 6.07) is -0.735. The molecule has 0 spiro atoms. The van der Waals surface area contributed by atoms with Gasteiger partial charge in [0.05, 0.1) is 11.8 Å². The minimum absolute atomic E-state index is 0.155. The molecule has 3 atom stereocenters. The molecule has 0 aliphatic carbocycles. The molecule has 7 heteroatoms. The number of hydrogen-bond acceptors (Lipinski definition) is 4. The number of allylic oxidation sites excluding steroid dienone is 1. The Balaban J connectivity index is 5.63. The highest BCUT2D eigenvalue weighted by Crippen LogP contribution is 2.26. The van der Waals surface area contributed by atoms with Gasteiger partial charge in [0.25, 0.3) is 0 Å². The molecule has 0 saturated heterocycles. The van der Waals surface area contributed by atoms with Gasteiger partial charge < -0.3 is 10.6 Å². The highest BCUT2D eigenvalue weighted by molar-refractivity contribution is 5.91. The zero-order valence-corrected chi connectivity index (χ0v) is 16.2. The normalized spacial score (nSPS) is 15.0. The largest absolute Gasteiger partial charge is 0.357 e. The van der Waals surface area contributed by atoms with Crippen LogP contribution in [0.4, 0.5) is 0 Å². The second kappa shape index (κ2) is 10.2. The third-order valence-electron chi connectivity index (χ3n) is 4.08. The minimum atomic E-state index is -0.754. The van der Waals surface area contributed by atoms with Gasteiger partial charge in [0.1, 0.15) is 6.04 Å². The summed E-state index contributed by atoms with van der Waals surface area (Å²) in [6.07, 6.45) is 2.24. The maximum Gasteiger partial charge on any atom is 0.247 e. The number of rotatable bonds is 9. The van der Waals surface area contributed by atoms with E-state index in [9.17, 15) is 14.4 Å². The number of hydroxylamine groups is 1. The van der Waals surface area contributed by atoms with E-state index in [0.29, 0.717) is 6.42 Å². The van der Waals surface area contributed by atoms with Crippen molar-refractivity contribution < 1.29 is 19.6 Å². The summed E-state index contributed by atoms with van der Waals surface area (Å²) in [5.41, 5.74) is 1.14. The van der Waals surface area contributed by atoms with E-state index in [0.717, 1.165) is 0 Å². The summed E-state index contributed by atoms with van der Waals surface area (Å²) in [4.78, 5) is 37.1. The Morgan fingerprint density at radius 2 is 1.64 bits per heavy atom. The van der Waals surface area contributed by atoms with Gasteiger partial charge in [0, 0.05) is 7.05 Å². The average molecular weight is 355 g/mol. The first kappa shape index (κ1) is 23.1. The van der Waals surface area contributed by atoms with Crippen molar-refractivity contribution in [3.8, 4) is 0 Å². The first-order chi connectivity index (χ1) is 11.5. The SMILES string of the molecule is C=CC[C@@H](C(=O)NO)[C@@H](CC(C)C)C(=O)N[C@H](C(=O)NC)C(C)(C)C. The van der Waals surface area contributed by atoms with Crippen LogP contribution in [0.2, 0.25) is 0 Å². The van der Waals surface area contributed by atoms with Gasteiger partial charge in [-0.15, -0.1) is 6.58 Å². The fourth-order valence-corrected chi connectivity index (χ4v) is 2.75. The van der Waals surface area contributed by atoms with E-state index < -0.39 is 29.2 Å². The summed E-state index contributed by atoms with van der Waals surface area (Å²) in [5.74, 6) is -2.59. The van der Waals surface area contributed by atoms with Crippen molar-refractivity contribution in [1.29, 1.82) is 0 Å². The summed E-state index contributed by atoms with van der Waals surface area (Å²) in [7, 11) is 1.51. The zero-order chi connectivity index (χ0) is 19.8. The maximum atomic E-state index is 12.9. The van der Waals surface area contributed by atoms with Gasteiger partial charge in [-0.3, -0.25) is 19.6 Å². The number of nitrogens with one attached hydrogen (secondary N) is 3. The first-order valence-corrected chi connectivity index (χ1v) is 8.56. The van der Waals surface area contributed by atoms with Gasteiger partial charge in [-0.2, -0.15) is 0 Å². The molecule has 0 aromatic carbocycles. The number of likely N-dealkylation sites (N-methyl/N-ethyl adjacent to an activating group) is 1. The molecule has 4 N–H and O–H groups in total. The van der Waals surface area contributed by atoms with Crippen molar-refractivity contribution in [3.63, 3.8) is 0 Å². The molecule has 0 unspecified atom stereocenters. The van der Waals surface area contributed by atoms with Gasteiger partial charge in [0.2, 0.25) is 17.7 Å². The number of amides is 3. The van der Waals surface area contributed by atoms with Gasteiger partial charge in [-0.1, -0.05) is 40.7 Å². The van der Waals surface area contributed by atoms with Gasteiger partial charge >= 0.3 is 0 Å². The van der Waals surface area contributed by atoms with E-state index in [1.165, 1.54) is 7.05 Å². The average Bonchev–Trinajstić information content (AvgIpc) is 2.52. The molecule has 0 bridgehead atoms. The van der Waals surface area contributed by atoms with Crippen molar-refractivity contribution >= 4 is 17.7 Å². The Morgan fingerprint density at radius 3 is 2.00 bits per heavy atom. The van der Waals surface area contributed by atoms with Crippen LogP contribution in [0.15, 0.2) is 12.7 Å².